The van der Waals surface area contributed by atoms with Gasteiger partial charge in [0.25, 0.3) is 0 Å². The molecular formula is C16H26S4. The molecule has 0 atom stereocenters. The van der Waals surface area contributed by atoms with E-state index in [1.807, 2.05) is 0 Å². The van der Waals surface area contributed by atoms with Gasteiger partial charge in [-0.25, -0.2) is 0 Å². The second-order valence-corrected chi connectivity index (χ2v) is 11.7. The van der Waals surface area contributed by atoms with Crippen LogP contribution in [0.25, 0.3) is 0 Å². The third-order valence-corrected chi connectivity index (χ3v) is 9.27. The van der Waals surface area contributed by atoms with Crippen LogP contribution >= 0.6 is 46.6 Å². The van der Waals surface area contributed by atoms with Crippen LogP contribution < -0.4 is 0 Å². The van der Waals surface area contributed by atoms with E-state index >= 15 is 0 Å². The van der Waals surface area contributed by atoms with Crippen LogP contribution in [-0.2, 0) is 10.8 Å². The summed E-state index contributed by atoms with van der Waals surface area (Å²) in [4.78, 5) is 6.39. The average Bonchev–Trinajstić information content (AvgIpc) is 2.67. The van der Waals surface area contributed by atoms with E-state index in [9.17, 15) is 0 Å². The van der Waals surface area contributed by atoms with Gasteiger partial charge in [0, 0.05) is 42.6 Å². The first-order valence-corrected chi connectivity index (χ1v) is 11.2. The Bertz CT molecular complexity index is 420. The molecule has 2 heterocycles. The number of rotatable bonds is 0. The van der Waals surface area contributed by atoms with E-state index in [-0.39, 0.29) is 10.8 Å². The summed E-state index contributed by atoms with van der Waals surface area (Å²) >= 11 is 8.36. The quantitative estimate of drug-likeness (QED) is 0.543. The molecule has 0 N–H and O–H groups in total. The summed E-state index contributed by atoms with van der Waals surface area (Å²) < 4.78 is 0. The SMILES string of the molecule is CC(C)(C)c1sc(C(C)(C)C)c2c1SCCSCCS2. The molecule has 1 aromatic rings. The van der Waals surface area contributed by atoms with E-state index in [0.29, 0.717) is 0 Å². The highest BCUT2D eigenvalue weighted by atomic mass is 32.2. The zero-order valence-electron chi connectivity index (χ0n) is 13.5. The van der Waals surface area contributed by atoms with Gasteiger partial charge in [0.15, 0.2) is 0 Å². The molecule has 1 aliphatic heterocycles. The summed E-state index contributed by atoms with van der Waals surface area (Å²) in [5, 5.41) is 0. The van der Waals surface area contributed by atoms with Crippen molar-refractivity contribution >= 4 is 46.6 Å². The summed E-state index contributed by atoms with van der Waals surface area (Å²) in [6.07, 6.45) is 0. The minimum absolute atomic E-state index is 0.257. The molecule has 4 heteroatoms. The van der Waals surface area contributed by atoms with Gasteiger partial charge in [0.2, 0.25) is 0 Å². The fourth-order valence-electron chi connectivity index (χ4n) is 2.16. The Morgan fingerprint density at radius 1 is 0.650 bits per heavy atom. The maximum atomic E-state index is 2.36. The fraction of sp³-hybridized carbons (Fsp3) is 0.750. The topological polar surface area (TPSA) is 0 Å². The van der Waals surface area contributed by atoms with Crippen LogP contribution in [0, 0.1) is 0 Å². The van der Waals surface area contributed by atoms with Crippen LogP contribution in [0.2, 0.25) is 0 Å². The maximum Gasteiger partial charge on any atom is 0.0356 e. The predicted octanol–water partition coefficient (Wildman–Crippen LogP) is 6.27. The number of hydrogen-bond acceptors (Lipinski definition) is 4. The highest BCUT2D eigenvalue weighted by Gasteiger charge is 2.31. The minimum atomic E-state index is 0.257. The number of fused-ring (bicyclic) bond motifs is 1. The van der Waals surface area contributed by atoms with Gasteiger partial charge in [-0.15, -0.1) is 34.9 Å². The largest absolute Gasteiger partial charge is 0.160 e. The molecule has 2 rings (SSSR count). The minimum Gasteiger partial charge on any atom is -0.160 e. The highest BCUT2D eigenvalue weighted by Crippen LogP contribution is 2.51. The molecule has 0 nitrogen and oxygen atoms in total. The van der Waals surface area contributed by atoms with Gasteiger partial charge >= 0.3 is 0 Å². The first kappa shape index (κ1) is 17.1. The lowest BCUT2D eigenvalue weighted by Gasteiger charge is -2.19. The lowest BCUT2D eigenvalue weighted by molar-refractivity contribution is 0.585. The third-order valence-electron chi connectivity index (χ3n) is 3.13. The van der Waals surface area contributed by atoms with Crippen molar-refractivity contribution in [2.45, 2.75) is 62.2 Å². The van der Waals surface area contributed by atoms with Gasteiger partial charge in [-0.1, -0.05) is 41.5 Å². The van der Waals surface area contributed by atoms with Crippen molar-refractivity contribution in [1.82, 2.24) is 0 Å². The molecule has 0 aliphatic carbocycles. The van der Waals surface area contributed by atoms with Crippen molar-refractivity contribution in [2.75, 3.05) is 23.0 Å². The first-order chi connectivity index (χ1) is 9.21. The molecule has 0 bridgehead atoms. The molecule has 0 fully saturated rings. The van der Waals surface area contributed by atoms with Gasteiger partial charge in [-0.2, -0.15) is 11.8 Å². The van der Waals surface area contributed by atoms with Crippen molar-refractivity contribution in [3.63, 3.8) is 0 Å². The number of thiophene rings is 1. The van der Waals surface area contributed by atoms with Crippen molar-refractivity contribution in [2.24, 2.45) is 0 Å². The Hall–Kier alpha value is 0.750. The Labute approximate surface area is 141 Å². The summed E-state index contributed by atoms with van der Waals surface area (Å²) in [6.45, 7) is 14.2. The zero-order valence-corrected chi connectivity index (χ0v) is 16.7. The average molecular weight is 347 g/mol. The van der Waals surface area contributed by atoms with Gasteiger partial charge in [-0.3, -0.25) is 0 Å². The van der Waals surface area contributed by atoms with Crippen LogP contribution in [0.5, 0.6) is 0 Å². The fourth-order valence-corrected chi connectivity index (χ4v) is 8.01. The molecule has 0 unspecified atom stereocenters. The van der Waals surface area contributed by atoms with Gasteiger partial charge in [-0.05, 0) is 10.8 Å². The number of hydrogen-bond donors (Lipinski definition) is 0. The van der Waals surface area contributed by atoms with Crippen molar-refractivity contribution in [3.05, 3.63) is 9.75 Å². The lowest BCUT2D eigenvalue weighted by atomic mass is 9.93. The van der Waals surface area contributed by atoms with E-state index in [0.717, 1.165) is 0 Å². The third kappa shape index (κ3) is 3.93. The molecule has 0 saturated heterocycles. The Morgan fingerprint density at radius 2 is 1.05 bits per heavy atom. The molecule has 0 amide bonds. The first-order valence-electron chi connectivity index (χ1n) is 7.22. The molecule has 1 aromatic heterocycles. The Kier molecular flexibility index (Phi) is 5.54. The summed E-state index contributed by atoms with van der Waals surface area (Å²) in [5.74, 6) is 5.08. The summed E-state index contributed by atoms with van der Waals surface area (Å²) in [5.41, 5.74) is 0.514. The normalized spacial score (nSPS) is 18.1. The van der Waals surface area contributed by atoms with Crippen molar-refractivity contribution in [1.29, 1.82) is 0 Å². The Balaban J connectivity index is 2.55. The molecule has 0 spiro atoms. The van der Waals surface area contributed by atoms with Crippen LogP contribution in [0.4, 0.5) is 0 Å². The summed E-state index contributed by atoms with van der Waals surface area (Å²) in [7, 11) is 0. The van der Waals surface area contributed by atoms with E-state index in [2.05, 4.69) is 88.2 Å². The van der Waals surface area contributed by atoms with Crippen molar-refractivity contribution < 1.29 is 0 Å². The molecule has 0 aromatic carbocycles. The number of thioether (sulfide) groups is 3. The molecule has 20 heavy (non-hydrogen) atoms. The molecular weight excluding hydrogens is 320 g/mol. The van der Waals surface area contributed by atoms with Crippen molar-refractivity contribution in [3.8, 4) is 0 Å². The van der Waals surface area contributed by atoms with Crippen LogP contribution in [0.15, 0.2) is 9.79 Å². The van der Waals surface area contributed by atoms with Crippen LogP contribution in [-0.4, -0.2) is 23.0 Å². The predicted molar refractivity (Wildman–Crippen MR) is 100 cm³/mol. The van der Waals surface area contributed by atoms with E-state index < -0.39 is 0 Å². The molecule has 114 valence electrons. The zero-order chi connectivity index (χ0) is 15.0. The summed E-state index contributed by atoms with van der Waals surface area (Å²) in [6, 6.07) is 0. The van der Waals surface area contributed by atoms with Crippen LogP contribution in [0.3, 0.4) is 0 Å². The van der Waals surface area contributed by atoms with Gasteiger partial charge < -0.3 is 0 Å². The second kappa shape index (κ2) is 6.47. The molecule has 0 radical (unpaired) electrons. The van der Waals surface area contributed by atoms with E-state index in [1.54, 1.807) is 19.5 Å². The lowest BCUT2D eigenvalue weighted by Crippen LogP contribution is -2.10. The molecule has 0 saturated carbocycles. The monoisotopic (exact) mass is 346 g/mol. The standard InChI is InChI=1S/C16H26S4/c1-15(2,3)13-11-12(14(20-13)16(4,5)6)19-10-8-17-7-9-18-11/h7-10H2,1-6H3. The highest BCUT2D eigenvalue weighted by molar-refractivity contribution is 8.06. The maximum absolute atomic E-state index is 2.36. The second-order valence-electron chi connectivity index (χ2n) is 7.23. The van der Waals surface area contributed by atoms with E-state index in [4.69, 9.17) is 0 Å². The van der Waals surface area contributed by atoms with Gasteiger partial charge in [0.05, 0.1) is 0 Å². The Morgan fingerprint density at radius 3 is 1.40 bits per heavy atom. The smallest absolute Gasteiger partial charge is 0.0356 e. The molecule has 1 aliphatic rings. The van der Waals surface area contributed by atoms with E-state index in [1.165, 1.54) is 23.0 Å². The van der Waals surface area contributed by atoms with Crippen LogP contribution in [0.1, 0.15) is 51.3 Å². The van der Waals surface area contributed by atoms with Gasteiger partial charge in [0.1, 0.15) is 0 Å².